The molecule has 0 amide bonds. The molecule has 0 saturated carbocycles. The maximum absolute atomic E-state index is 10.7. The number of hydrogen-bond acceptors (Lipinski definition) is 8. The largest absolute Gasteiger partial charge is 0.358 e. The highest BCUT2D eigenvalue weighted by molar-refractivity contribution is 7.80. The van der Waals surface area contributed by atoms with Crippen LogP contribution in [0.15, 0.2) is 12.4 Å². The van der Waals surface area contributed by atoms with Gasteiger partial charge in [0.2, 0.25) is 5.82 Å². The van der Waals surface area contributed by atoms with Gasteiger partial charge >= 0.3 is 10.8 Å². The van der Waals surface area contributed by atoms with Crippen molar-refractivity contribution in [2.24, 2.45) is 7.05 Å². The predicted molar refractivity (Wildman–Crippen MR) is 69.5 cm³/mol. The summed E-state index contributed by atoms with van der Waals surface area (Å²) in [6, 6.07) is 0. The van der Waals surface area contributed by atoms with Crippen LogP contribution in [0.5, 0.6) is 0 Å². The van der Waals surface area contributed by atoms with Gasteiger partial charge in [-0.25, -0.2) is 14.5 Å². The third kappa shape index (κ3) is 2.42. The van der Waals surface area contributed by atoms with Gasteiger partial charge in [0.05, 0.1) is 12.0 Å². The number of thiol groups is 1. The van der Waals surface area contributed by atoms with Gasteiger partial charge in [-0.05, 0) is 16.3 Å². The Bertz CT molecular complexity index is 651. The van der Waals surface area contributed by atoms with Crippen LogP contribution < -0.4 is 0 Å². The quantitative estimate of drug-likeness (QED) is 0.522. The van der Waals surface area contributed by atoms with E-state index in [1.807, 2.05) is 0 Å². The lowest BCUT2D eigenvalue weighted by Gasteiger charge is -2.03. The van der Waals surface area contributed by atoms with E-state index in [1.165, 1.54) is 11.6 Å². The summed E-state index contributed by atoms with van der Waals surface area (Å²) < 4.78 is 1.27. The summed E-state index contributed by atoms with van der Waals surface area (Å²) in [5.41, 5.74) is 0. The van der Waals surface area contributed by atoms with Crippen molar-refractivity contribution >= 4 is 34.8 Å². The Morgan fingerprint density at radius 3 is 2.47 bits per heavy atom. The molecule has 0 aliphatic carbocycles. The summed E-state index contributed by atoms with van der Waals surface area (Å²) in [5, 5.41) is 20.9. The molecule has 0 fully saturated rings. The van der Waals surface area contributed by atoms with Gasteiger partial charge in [-0.15, -0.1) is 0 Å². The van der Waals surface area contributed by atoms with E-state index in [0.717, 1.165) is 23.7 Å². The standard InChI is InChI=1S/C8H7N5O4S2/c1-11-4(12(14)15)2-9-7(11)6(18)8-10-3-5(19-8)13(16)17/h2-3,6,18H,1H3. The summed E-state index contributed by atoms with van der Waals surface area (Å²) in [6.45, 7) is 0. The molecule has 2 aromatic heterocycles. The second-order valence-corrected chi connectivity index (χ2v) is 5.04. The fourth-order valence-corrected chi connectivity index (χ4v) is 2.62. The molecule has 2 rings (SSSR count). The zero-order valence-corrected chi connectivity index (χ0v) is 11.2. The Balaban J connectivity index is 2.35. The first-order valence-corrected chi connectivity index (χ1v) is 6.19. The zero-order chi connectivity index (χ0) is 14.2. The van der Waals surface area contributed by atoms with Crippen molar-refractivity contribution in [3.63, 3.8) is 0 Å². The fourth-order valence-electron chi connectivity index (χ4n) is 1.44. The molecule has 0 aromatic carbocycles. The molecule has 0 aliphatic rings. The minimum atomic E-state index is -0.655. The second kappa shape index (κ2) is 4.93. The van der Waals surface area contributed by atoms with Gasteiger partial charge in [-0.3, -0.25) is 10.1 Å². The van der Waals surface area contributed by atoms with E-state index in [9.17, 15) is 20.2 Å². The maximum atomic E-state index is 10.7. The summed E-state index contributed by atoms with van der Waals surface area (Å²) >= 11 is 5.12. The van der Waals surface area contributed by atoms with Gasteiger partial charge in [-0.1, -0.05) is 0 Å². The summed E-state index contributed by atoms with van der Waals surface area (Å²) in [7, 11) is 1.48. The van der Waals surface area contributed by atoms with E-state index in [1.54, 1.807) is 0 Å². The number of nitro groups is 2. The fraction of sp³-hybridized carbons (Fsp3) is 0.250. The minimum Gasteiger partial charge on any atom is -0.358 e. The van der Waals surface area contributed by atoms with Gasteiger partial charge in [0.25, 0.3) is 0 Å². The first-order valence-electron chi connectivity index (χ1n) is 4.86. The Kier molecular flexibility index (Phi) is 3.48. The smallest absolute Gasteiger partial charge is 0.344 e. The third-order valence-electron chi connectivity index (χ3n) is 2.36. The molecule has 0 N–H and O–H groups in total. The first kappa shape index (κ1) is 13.4. The second-order valence-electron chi connectivity index (χ2n) is 3.49. The van der Waals surface area contributed by atoms with Crippen molar-refractivity contribution in [3.05, 3.63) is 43.5 Å². The molecule has 1 atom stereocenters. The van der Waals surface area contributed by atoms with E-state index in [0.29, 0.717) is 10.8 Å². The van der Waals surface area contributed by atoms with Crippen LogP contribution in [-0.4, -0.2) is 24.4 Å². The Morgan fingerprint density at radius 1 is 1.32 bits per heavy atom. The van der Waals surface area contributed by atoms with Crippen molar-refractivity contribution < 1.29 is 9.85 Å². The number of hydrogen-bond donors (Lipinski definition) is 1. The Hall–Kier alpha value is -2.01. The average Bonchev–Trinajstić information content (AvgIpc) is 2.94. The van der Waals surface area contributed by atoms with Crippen LogP contribution >= 0.6 is 24.0 Å². The summed E-state index contributed by atoms with van der Waals surface area (Å²) in [6.07, 6.45) is 2.24. The van der Waals surface area contributed by atoms with Crippen LogP contribution in [0.4, 0.5) is 10.8 Å². The van der Waals surface area contributed by atoms with Crippen LogP contribution in [0, 0.1) is 20.2 Å². The molecule has 11 heteroatoms. The molecule has 19 heavy (non-hydrogen) atoms. The monoisotopic (exact) mass is 301 g/mol. The normalized spacial score (nSPS) is 12.3. The van der Waals surface area contributed by atoms with Crippen LogP contribution in [0.25, 0.3) is 0 Å². The molecule has 0 radical (unpaired) electrons. The van der Waals surface area contributed by atoms with Crippen LogP contribution in [0.2, 0.25) is 0 Å². The van der Waals surface area contributed by atoms with E-state index in [2.05, 4.69) is 22.6 Å². The number of thiazole rings is 1. The van der Waals surface area contributed by atoms with Crippen LogP contribution in [0.3, 0.4) is 0 Å². The number of nitrogens with zero attached hydrogens (tertiary/aromatic N) is 5. The summed E-state index contributed by atoms with van der Waals surface area (Å²) in [5.74, 6) is 0.124. The maximum Gasteiger partial charge on any atom is 0.344 e. The van der Waals surface area contributed by atoms with E-state index >= 15 is 0 Å². The Labute approximate surface area is 115 Å². The van der Waals surface area contributed by atoms with Crippen molar-refractivity contribution in [1.82, 2.24) is 14.5 Å². The highest BCUT2D eigenvalue weighted by Crippen LogP contribution is 2.34. The van der Waals surface area contributed by atoms with E-state index in [4.69, 9.17) is 0 Å². The highest BCUT2D eigenvalue weighted by atomic mass is 32.1. The van der Waals surface area contributed by atoms with Crippen molar-refractivity contribution in [3.8, 4) is 0 Å². The van der Waals surface area contributed by atoms with Crippen molar-refractivity contribution in [2.75, 3.05) is 0 Å². The van der Waals surface area contributed by atoms with Gasteiger partial charge in [-0.2, -0.15) is 12.6 Å². The van der Waals surface area contributed by atoms with Gasteiger partial charge in [0.15, 0.2) is 0 Å². The average molecular weight is 301 g/mol. The SMILES string of the molecule is Cn1c([N+](=O)[O-])cnc1C(S)c1ncc([N+](=O)[O-])s1. The number of rotatable bonds is 4. The molecule has 1 unspecified atom stereocenters. The lowest BCUT2D eigenvalue weighted by Crippen LogP contribution is -2.05. The van der Waals surface area contributed by atoms with Crippen molar-refractivity contribution in [1.29, 1.82) is 0 Å². The molecule has 9 nitrogen and oxygen atoms in total. The molecule has 0 aliphatic heterocycles. The molecule has 0 spiro atoms. The Morgan fingerprint density at radius 2 is 2.00 bits per heavy atom. The molecule has 100 valence electrons. The van der Waals surface area contributed by atoms with E-state index in [-0.39, 0.29) is 10.8 Å². The molecular formula is C8H7N5O4S2. The first-order chi connectivity index (χ1) is 8.91. The van der Waals surface area contributed by atoms with Crippen LogP contribution in [-0.2, 0) is 7.05 Å². The van der Waals surface area contributed by atoms with Crippen LogP contribution in [0.1, 0.15) is 16.1 Å². The number of aromatic nitrogens is 3. The predicted octanol–water partition coefficient (Wildman–Crippen LogP) is 1.71. The zero-order valence-electron chi connectivity index (χ0n) is 9.46. The highest BCUT2D eigenvalue weighted by Gasteiger charge is 2.27. The van der Waals surface area contributed by atoms with Crippen molar-refractivity contribution in [2.45, 2.75) is 5.25 Å². The molecule has 2 heterocycles. The topological polar surface area (TPSA) is 117 Å². The molecule has 0 bridgehead atoms. The minimum absolute atomic E-state index is 0.113. The lowest BCUT2D eigenvalue weighted by atomic mass is 10.4. The van der Waals surface area contributed by atoms with Gasteiger partial charge < -0.3 is 10.1 Å². The molecule has 2 aromatic rings. The van der Waals surface area contributed by atoms with Gasteiger partial charge in [0, 0.05) is 0 Å². The lowest BCUT2D eigenvalue weighted by molar-refractivity contribution is -0.391. The molecular weight excluding hydrogens is 294 g/mol. The van der Waals surface area contributed by atoms with Gasteiger partial charge in [0.1, 0.15) is 22.7 Å². The molecule has 0 saturated heterocycles. The summed E-state index contributed by atoms with van der Waals surface area (Å²) in [4.78, 5) is 28.0. The van der Waals surface area contributed by atoms with E-state index < -0.39 is 15.1 Å². The third-order valence-corrected chi connectivity index (χ3v) is 4.02. The number of imidazole rings is 1.